The maximum Gasteiger partial charge on any atom is 0.325 e. The molecule has 2 aromatic rings. The van der Waals surface area contributed by atoms with Crippen molar-refractivity contribution in [3.63, 3.8) is 0 Å². The van der Waals surface area contributed by atoms with Crippen LogP contribution in [0.2, 0.25) is 0 Å². The minimum Gasteiger partial charge on any atom is -0.492 e. The number of aliphatic imine (C=N–C) groups is 1. The highest BCUT2D eigenvalue weighted by atomic mass is 16.5. The zero-order chi connectivity index (χ0) is 24.9. The summed E-state index contributed by atoms with van der Waals surface area (Å²) in [4.78, 5) is 17.6. The monoisotopic (exact) mass is 465 g/mol. The molecule has 0 bridgehead atoms. The molecule has 5 N–H and O–H groups in total. The number of nitrogens with two attached hydrogens (primary N) is 1. The third kappa shape index (κ3) is 5.67. The van der Waals surface area contributed by atoms with E-state index in [1.807, 2.05) is 20.8 Å². The van der Waals surface area contributed by atoms with Crippen molar-refractivity contribution in [1.29, 1.82) is 0 Å². The topological polar surface area (TPSA) is 121 Å². The summed E-state index contributed by atoms with van der Waals surface area (Å²) in [5.74, 6) is 2.44. The Hall–Kier alpha value is -3.57. The maximum atomic E-state index is 13.0. The molecule has 0 unspecified atom stereocenters. The normalized spacial score (nSPS) is 20.3. The second-order valence-electron chi connectivity index (χ2n) is 8.85. The second-order valence-corrected chi connectivity index (χ2v) is 8.85. The van der Waals surface area contributed by atoms with Crippen LogP contribution in [0.15, 0.2) is 35.3 Å². The number of benzene rings is 1. The van der Waals surface area contributed by atoms with Crippen molar-refractivity contribution in [2.75, 3.05) is 17.7 Å². The van der Waals surface area contributed by atoms with Crippen molar-refractivity contribution in [3.8, 4) is 18.1 Å². The van der Waals surface area contributed by atoms with Crippen LogP contribution in [0.3, 0.4) is 0 Å². The lowest BCUT2D eigenvalue weighted by atomic mass is 9.83. The van der Waals surface area contributed by atoms with Crippen molar-refractivity contribution in [2.45, 2.75) is 64.0 Å². The van der Waals surface area contributed by atoms with Gasteiger partial charge in [0, 0.05) is 46.3 Å². The molecule has 1 aromatic heterocycles. The number of nitrogens with one attached hydrogen (secondary N) is 1. The number of nitrogen functional groups attached to an aromatic ring is 1. The molecule has 1 amide bonds. The fourth-order valence-electron chi connectivity index (χ4n) is 3.97. The molecule has 34 heavy (non-hydrogen) atoms. The number of carbonyl (C=O) groups is 1. The van der Waals surface area contributed by atoms with E-state index in [4.69, 9.17) is 16.9 Å². The van der Waals surface area contributed by atoms with Crippen molar-refractivity contribution in [3.05, 3.63) is 47.3 Å². The lowest BCUT2D eigenvalue weighted by molar-refractivity contribution is -0.911. The van der Waals surface area contributed by atoms with Crippen LogP contribution in [0.5, 0.6) is 5.75 Å². The van der Waals surface area contributed by atoms with Gasteiger partial charge in [-0.2, -0.15) is 0 Å². The van der Waals surface area contributed by atoms with Crippen LogP contribution in [0.4, 0.5) is 11.4 Å². The summed E-state index contributed by atoms with van der Waals surface area (Å²) < 4.78 is 6.58. The number of rotatable bonds is 7. The smallest absolute Gasteiger partial charge is 0.325 e. The maximum absolute atomic E-state index is 13.0. The molecule has 1 saturated carbocycles. The minimum atomic E-state index is -1.04. The number of pyridine rings is 1. The number of aliphatic hydroxyl groups is 1. The van der Waals surface area contributed by atoms with Crippen LogP contribution >= 0.6 is 0 Å². The molecule has 1 fully saturated rings. The van der Waals surface area contributed by atoms with Gasteiger partial charge < -0.3 is 20.9 Å². The van der Waals surface area contributed by atoms with Gasteiger partial charge in [-0.1, -0.05) is 19.8 Å². The summed E-state index contributed by atoms with van der Waals surface area (Å²) in [6.07, 6.45) is 9.46. The standard InChI is InChI=1S/C26H32N4O4/c1-5-26(32)12-10-19(11-13-26)28-16-18-14-21(24(34-6-2)15-20(18)27)29-25(31)23-9-7-8-22(17(3)4)30(23)33/h1,7-9,14-17,19,27,31-33H,6,10-13H2,2-4H3/p+1. The Morgan fingerprint density at radius 3 is 2.74 bits per heavy atom. The quantitative estimate of drug-likeness (QED) is 0.164. The second kappa shape index (κ2) is 10.6. The van der Waals surface area contributed by atoms with E-state index in [0.29, 0.717) is 60.7 Å². The Morgan fingerprint density at radius 1 is 1.41 bits per heavy atom. The SMILES string of the molecule is C#CC1(O)CCC(N=Cc2cc(NC(=O)c3cccc(C(C)C)[n+]3O)c(OCC)cc2N)CC1. The summed E-state index contributed by atoms with van der Waals surface area (Å²) in [7, 11) is 0. The molecule has 1 aliphatic rings. The first-order valence-electron chi connectivity index (χ1n) is 11.5. The molecule has 0 spiro atoms. The fraction of sp³-hybridized carbons (Fsp3) is 0.423. The summed E-state index contributed by atoms with van der Waals surface area (Å²) >= 11 is 0. The van der Waals surface area contributed by atoms with Crippen molar-refractivity contribution < 1.29 is 24.6 Å². The van der Waals surface area contributed by atoms with E-state index in [1.54, 1.807) is 36.5 Å². The van der Waals surface area contributed by atoms with Crippen LogP contribution in [0, 0.1) is 12.3 Å². The third-order valence-electron chi connectivity index (χ3n) is 6.03. The molecule has 1 heterocycles. The van der Waals surface area contributed by atoms with Gasteiger partial charge in [-0.15, -0.1) is 6.42 Å². The average molecular weight is 466 g/mol. The number of nitrogens with zero attached hydrogens (tertiary/aromatic N) is 2. The first-order chi connectivity index (χ1) is 16.2. The van der Waals surface area contributed by atoms with Crippen molar-refractivity contribution in [1.82, 2.24) is 0 Å². The Labute approximate surface area is 200 Å². The van der Waals surface area contributed by atoms with Gasteiger partial charge in [0.1, 0.15) is 11.4 Å². The van der Waals surface area contributed by atoms with E-state index in [9.17, 15) is 15.1 Å². The first-order valence-corrected chi connectivity index (χ1v) is 11.5. The highest BCUT2D eigenvalue weighted by molar-refractivity contribution is 6.04. The number of amides is 1. The summed E-state index contributed by atoms with van der Waals surface area (Å²) in [6.45, 7) is 6.09. The molecule has 0 saturated heterocycles. The minimum absolute atomic E-state index is 0.0322. The van der Waals surface area contributed by atoms with Crippen LogP contribution < -0.4 is 20.5 Å². The molecule has 0 aliphatic heterocycles. The Morgan fingerprint density at radius 2 is 2.12 bits per heavy atom. The molecule has 1 aliphatic carbocycles. The molecule has 0 atom stereocenters. The highest BCUT2D eigenvalue weighted by Gasteiger charge is 2.31. The average Bonchev–Trinajstić information content (AvgIpc) is 2.81. The van der Waals surface area contributed by atoms with E-state index < -0.39 is 11.5 Å². The fourth-order valence-corrected chi connectivity index (χ4v) is 3.97. The third-order valence-corrected chi connectivity index (χ3v) is 6.03. The Kier molecular flexibility index (Phi) is 7.79. The van der Waals surface area contributed by atoms with Gasteiger partial charge in [-0.25, -0.2) is 0 Å². The molecular weight excluding hydrogens is 432 g/mol. The van der Waals surface area contributed by atoms with Gasteiger partial charge in [-0.05, 0) is 44.7 Å². The summed E-state index contributed by atoms with van der Waals surface area (Å²) in [6, 6.07) is 8.42. The molecule has 8 heteroatoms. The molecular formula is C26H33N4O4+. The zero-order valence-electron chi connectivity index (χ0n) is 19.9. The van der Waals surface area contributed by atoms with Gasteiger partial charge >= 0.3 is 11.6 Å². The molecule has 8 nitrogen and oxygen atoms in total. The Balaban J connectivity index is 1.85. The zero-order valence-corrected chi connectivity index (χ0v) is 19.9. The van der Waals surface area contributed by atoms with E-state index in [2.05, 4.69) is 16.2 Å². The van der Waals surface area contributed by atoms with Crippen LogP contribution in [-0.2, 0) is 0 Å². The largest absolute Gasteiger partial charge is 0.492 e. The number of aromatic nitrogens is 1. The predicted octanol–water partition coefficient (Wildman–Crippen LogP) is 3.29. The summed E-state index contributed by atoms with van der Waals surface area (Å²) in [5, 5.41) is 23.5. The van der Waals surface area contributed by atoms with Crippen molar-refractivity contribution >= 4 is 23.5 Å². The number of hydrogen-bond donors (Lipinski definition) is 4. The van der Waals surface area contributed by atoms with Gasteiger partial charge in [-0.3, -0.25) is 15.0 Å². The van der Waals surface area contributed by atoms with Crippen LogP contribution in [0.1, 0.15) is 74.1 Å². The number of anilines is 2. The van der Waals surface area contributed by atoms with E-state index in [0.717, 1.165) is 4.73 Å². The molecule has 3 rings (SSSR count). The van der Waals surface area contributed by atoms with Crippen molar-refractivity contribution in [2.24, 2.45) is 4.99 Å². The van der Waals surface area contributed by atoms with Crippen LogP contribution in [0.25, 0.3) is 0 Å². The van der Waals surface area contributed by atoms with E-state index in [1.165, 1.54) is 0 Å². The predicted molar refractivity (Wildman–Crippen MR) is 132 cm³/mol. The Bertz CT molecular complexity index is 1110. The van der Waals surface area contributed by atoms with Gasteiger partial charge in [0.2, 0.25) is 5.69 Å². The first kappa shape index (κ1) is 25.1. The molecule has 0 radical (unpaired) electrons. The summed E-state index contributed by atoms with van der Waals surface area (Å²) in [5.41, 5.74) is 7.41. The molecule has 180 valence electrons. The number of terminal acetylenes is 1. The van der Waals surface area contributed by atoms with E-state index >= 15 is 0 Å². The van der Waals surface area contributed by atoms with Crippen LogP contribution in [-0.4, -0.2) is 40.7 Å². The van der Waals surface area contributed by atoms with Gasteiger partial charge in [0.15, 0.2) is 0 Å². The lowest BCUT2D eigenvalue weighted by Crippen LogP contribution is -2.43. The number of ether oxygens (including phenoxy) is 1. The van der Waals surface area contributed by atoms with E-state index in [-0.39, 0.29) is 17.7 Å². The molecule has 1 aromatic carbocycles. The lowest BCUT2D eigenvalue weighted by Gasteiger charge is -2.30. The number of carbonyl (C=O) groups excluding carboxylic acids is 1. The van der Waals surface area contributed by atoms with Gasteiger partial charge in [0.25, 0.3) is 0 Å². The highest BCUT2D eigenvalue weighted by Crippen LogP contribution is 2.32. The number of hydrogen-bond acceptors (Lipinski definition) is 6. The van der Waals surface area contributed by atoms with Gasteiger partial charge in [0.05, 0.1) is 18.3 Å².